The number of rotatable bonds is 5. The lowest BCUT2D eigenvalue weighted by molar-refractivity contribution is 0.282. The van der Waals surface area contributed by atoms with E-state index in [2.05, 4.69) is 39.9 Å². The van der Waals surface area contributed by atoms with Crippen molar-refractivity contribution in [1.29, 1.82) is 0 Å². The fraction of sp³-hybridized carbons (Fsp3) is 0.385. The van der Waals surface area contributed by atoms with E-state index in [1.54, 1.807) is 6.33 Å². The Hall–Kier alpha value is -1.07. The normalized spacial score (nSPS) is 11.0. The highest BCUT2D eigenvalue weighted by Gasteiger charge is 2.08. The molecular weight excluding hydrogens is 330 g/mol. The minimum absolute atomic E-state index is 0.268. The zero-order chi connectivity index (χ0) is 13.8. The maximum Gasteiger partial charge on any atom is 0.165 e. The predicted molar refractivity (Wildman–Crippen MR) is 78.4 cm³/mol. The number of ether oxygens (including phenoxy) is 1. The molecule has 1 aromatic heterocycles. The Morgan fingerprint density at radius 3 is 2.89 bits per heavy atom. The molecule has 102 valence electrons. The zero-order valence-electron chi connectivity index (χ0n) is 10.8. The maximum absolute atomic E-state index is 5.86. The van der Waals surface area contributed by atoms with E-state index < -0.39 is 0 Å². The zero-order valence-corrected chi connectivity index (χ0v) is 13.1. The van der Waals surface area contributed by atoms with Crippen molar-refractivity contribution in [3.8, 4) is 5.75 Å². The van der Waals surface area contributed by atoms with Crippen LogP contribution >= 0.6 is 27.5 Å². The molecule has 4 nitrogen and oxygen atoms in total. The maximum atomic E-state index is 5.86. The van der Waals surface area contributed by atoms with E-state index in [0.29, 0.717) is 12.5 Å². The molecule has 0 saturated carbocycles. The highest BCUT2D eigenvalue weighted by Crippen LogP contribution is 2.24. The van der Waals surface area contributed by atoms with Gasteiger partial charge in [-0.05, 0) is 37.6 Å². The van der Waals surface area contributed by atoms with Gasteiger partial charge in [0, 0.05) is 16.4 Å². The Morgan fingerprint density at radius 2 is 2.21 bits per heavy atom. The number of halogens is 2. The van der Waals surface area contributed by atoms with E-state index in [-0.39, 0.29) is 6.04 Å². The van der Waals surface area contributed by atoms with Crippen molar-refractivity contribution in [2.24, 2.45) is 0 Å². The molecule has 0 bridgehead atoms. The summed E-state index contributed by atoms with van der Waals surface area (Å²) < 4.78 is 8.57. The Balaban J connectivity index is 2.08. The summed E-state index contributed by atoms with van der Waals surface area (Å²) in [6.45, 7) is 4.51. The van der Waals surface area contributed by atoms with Crippen LogP contribution in [0.1, 0.15) is 31.3 Å². The lowest BCUT2D eigenvalue weighted by atomic mass is 10.2. The highest BCUT2D eigenvalue weighted by atomic mass is 79.9. The van der Waals surface area contributed by atoms with Crippen molar-refractivity contribution in [1.82, 2.24) is 14.8 Å². The van der Waals surface area contributed by atoms with E-state index >= 15 is 0 Å². The first-order valence-corrected chi connectivity index (χ1v) is 7.30. The summed E-state index contributed by atoms with van der Waals surface area (Å²) >= 11 is 9.30. The summed E-state index contributed by atoms with van der Waals surface area (Å²) in [5.41, 5.74) is 1.00. The first-order chi connectivity index (χ1) is 9.11. The third-order valence-electron chi connectivity index (χ3n) is 2.67. The first kappa shape index (κ1) is 14.3. The summed E-state index contributed by atoms with van der Waals surface area (Å²) in [6.07, 6.45) is 1.55. The molecule has 0 N–H and O–H groups in total. The van der Waals surface area contributed by atoms with Crippen molar-refractivity contribution in [3.63, 3.8) is 0 Å². The quantitative estimate of drug-likeness (QED) is 0.771. The summed E-state index contributed by atoms with van der Waals surface area (Å²) in [5, 5.41) is 4.17. The molecule has 0 amide bonds. The molecular formula is C13H15BrClN3O. The van der Waals surface area contributed by atoms with Crippen molar-refractivity contribution in [3.05, 3.63) is 40.4 Å². The summed E-state index contributed by atoms with van der Waals surface area (Å²) in [5.74, 6) is 2.03. The van der Waals surface area contributed by atoms with Crippen LogP contribution in [0, 0.1) is 0 Å². The van der Waals surface area contributed by atoms with Gasteiger partial charge in [0.05, 0.1) is 0 Å². The van der Waals surface area contributed by atoms with Crippen molar-refractivity contribution >= 4 is 27.5 Å². The van der Waals surface area contributed by atoms with Crippen LogP contribution in [0.3, 0.4) is 0 Å². The number of alkyl halides is 1. The van der Waals surface area contributed by atoms with E-state index in [4.69, 9.17) is 16.3 Å². The molecule has 6 heteroatoms. The first-order valence-electron chi connectivity index (χ1n) is 5.97. The average molecular weight is 345 g/mol. The summed E-state index contributed by atoms with van der Waals surface area (Å²) in [6, 6.07) is 6.02. The molecule has 2 rings (SSSR count). The SMILES string of the molecule is CC(C)n1ncnc1COc1ccc(Br)c(CCl)c1. The topological polar surface area (TPSA) is 39.9 Å². The van der Waals surface area contributed by atoms with Crippen LogP contribution in [0.2, 0.25) is 0 Å². The van der Waals surface area contributed by atoms with Gasteiger partial charge < -0.3 is 4.74 Å². The predicted octanol–water partition coefficient (Wildman–Crippen LogP) is 3.94. The van der Waals surface area contributed by atoms with Gasteiger partial charge in [-0.3, -0.25) is 0 Å². The molecule has 0 aliphatic heterocycles. The van der Waals surface area contributed by atoms with Gasteiger partial charge in [0.1, 0.15) is 18.7 Å². The third-order valence-corrected chi connectivity index (χ3v) is 3.73. The van der Waals surface area contributed by atoms with E-state index in [1.807, 2.05) is 22.9 Å². The molecule has 0 atom stereocenters. The minimum Gasteiger partial charge on any atom is -0.486 e. The van der Waals surface area contributed by atoms with Crippen molar-refractivity contribution < 1.29 is 4.74 Å². The van der Waals surface area contributed by atoms with Gasteiger partial charge >= 0.3 is 0 Å². The number of hydrogen-bond donors (Lipinski definition) is 0. The van der Waals surface area contributed by atoms with Crippen molar-refractivity contribution in [2.75, 3.05) is 0 Å². The van der Waals surface area contributed by atoms with Gasteiger partial charge in [0.25, 0.3) is 0 Å². The third kappa shape index (κ3) is 3.48. The van der Waals surface area contributed by atoms with Gasteiger partial charge in [-0.1, -0.05) is 15.9 Å². The smallest absolute Gasteiger partial charge is 0.165 e. The molecule has 1 heterocycles. The van der Waals surface area contributed by atoms with E-state index in [1.165, 1.54) is 0 Å². The Morgan fingerprint density at radius 1 is 1.42 bits per heavy atom. The van der Waals surface area contributed by atoms with Crippen LogP contribution in [0.15, 0.2) is 29.0 Å². The fourth-order valence-electron chi connectivity index (χ4n) is 1.70. The van der Waals surface area contributed by atoms with Gasteiger partial charge in [-0.15, -0.1) is 11.6 Å². The molecule has 0 fully saturated rings. The molecule has 0 radical (unpaired) electrons. The van der Waals surface area contributed by atoms with Gasteiger partial charge in [-0.2, -0.15) is 5.10 Å². The summed E-state index contributed by atoms with van der Waals surface area (Å²) in [4.78, 5) is 4.20. The monoisotopic (exact) mass is 343 g/mol. The molecule has 0 aliphatic rings. The van der Waals surface area contributed by atoms with Crippen molar-refractivity contribution in [2.45, 2.75) is 32.4 Å². The molecule has 0 unspecified atom stereocenters. The second-order valence-corrected chi connectivity index (χ2v) is 5.51. The fourth-order valence-corrected chi connectivity index (χ4v) is 2.47. The van der Waals surface area contributed by atoms with E-state index in [9.17, 15) is 0 Å². The molecule has 19 heavy (non-hydrogen) atoms. The highest BCUT2D eigenvalue weighted by molar-refractivity contribution is 9.10. The molecule has 2 aromatic rings. The number of nitrogens with zero attached hydrogens (tertiary/aromatic N) is 3. The lowest BCUT2D eigenvalue weighted by Crippen LogP contribution is -2.10. The van der Waals surface area contributed by atoms with Crippen LogP contribution in [-0.4, -0.2) is 14.8 Å². The van der Waals surface area contributed by atoms with Gasteiger partial charge in [0.15, 0.2) is 5.82 Å². The molecule has 0 spiro atoms. The number of aromatic nitrogens is 3. The van der Waals surface area contributed by atoms with Gasteiger partial charge in [-0.25, -0.2) is 9.67 Å². The molecule has 0 saturated heterocycles. The number of benzene rings is 1. The van der Waals surface area contributed by atoms with Crippen LogP contribution in [0.4, 0.5) is 0 Å². The number of hydrogen-bond acceptors (Lipinski definition) is 3. The molecule has 0 aliphatic carbocycles. The Bertz CT molecular complexity index is 557. The van der Waals surface area contributed by atoms with Crippen LogP contribution in [0.25, 0.3) is 0 Å². The second kappa shape index (κ2) is 6.39. The Kier molecular flexibility index (Phi) is 4.82. The van der Waals surface area contributed by atoms with Crippen LogP contribution in [-0.2, 0) is 12.5 Å². The largest absolute Gasteiger partial charge is 0.486 e. The molecule has 1 aromatic carbocycles. The lowest BCUT2D eigenvalue weighted by Gasteiger charge is -2.11. The Labute approximate surface area is 125 Å². The standard InChI is InChI=1S/C13H15BrClN3O/c1-9(2)18-13(16-8-17-18)7-19-11-3-4-12(14)10(5-11)6-15/h3-5,8-9H,6-7H2,1-2H3. The van der Waals surface area contributed by atoms with Crippen LogP contribution < -0.4 is 4.74 Å². The van der Waals surface area contributed by atoms with E-state index in [0.717, 1.165) is 21.6 Å². The average Bonchev–Trinajstić information content (AvgIpc) is 2.86. The van der Waals surface area contributed by atoms with Crippen LogP contribution in [0.5, 0.6) is 5.75 Å². The second-order valence-electron chi connectivity index (χ2n) is 4.39. The van der Waals surface area contributed by atoms with Gasteiger partial charge in [0.2, 0.25) is 0 Å². The minimum atomic E-state index is 0.268. The summed E-state index contributed by atoms with van der Waals surface area (Å²) in [7, 11) is 0.